The van der Waals surface area contributed by atoms with E-state index in [1.54, 1.807) is 24.3 Å². The van der Waals surface area contributed by atoms with Crippen LogP contribution in [0.3, 0.4) is 0 Å². The average molecular weight is 427 g/mol. The van der Waals surface area contributed by atoms with Crippen LogP contribution >= 0.6 is 0 Å². The van der Waals surface area contributed by atoms with Crippen LogP contribution in [0.5, 0.6) is 0 Å². The number of likely N-dealkylation sites (N-methyl/N-ethyl adjacent to an activating group) is 1. The van der Waals surface area contributed by atoms with E-state index in [0.29, 0.717) is 25.9 Å². The van der Waals surface area contributed by atoms with Crippen molar-refractivity contribution in [2.75, 3.05) is 40.3 Å². The number of carbonyl (C=O) groups is 1. The molecule has 3 rings (SSSR count). The lowest BCUT2D eigenvalue weighted by molar-refractivity contribution is -0.129. The van der Waals surface area contributed by atoms with E-state index in [0.717, 1.165) is 18.7 Å². The van der Waals surface area contributed by atoms with Gasteiger partial charge in [-0.05, 0) is 33.2 Å². The van der Waals surface area contributed by atoms with Gasteiger partial charge in [0.2, 0.25) is 10.0 Å². The number of benzene rings is 1. The molecule has 9 nitrogen and oxygen atoms in total. The van der Waals surface area contributed by atoms with Gasteiger partial charge in [0.1, 0.15) is 5.60 Å². The highest BCUT2D eigenvalue weighted by Gasteiger charge is 2.45. The first-order valence-electron chi connectivity index (χ1n) is 9.50. The van der Waals surface area contributed by atoms with E-state index in [1.165, 1.54) is 4.31 Å². The minimum Gasteiger partial charge on any atom is -0.477 e. The molecule has 0 atom stereocenters. The maximum absolute atomic E-state index is 12.6. The maximum Gasteiger partial charge on any atom is 0.353 e. The van der Waals surface area contributed by atoms with E-state index in [-0.39, 0.29) is 17.0 Å². The summed E-state index contributed by atoms with van der Waals surface area (Å²) < 4.78 is 26.7. The van der Waals surface area contributed by atoms with Crippen molar-refractivity contribution in [3.8, 4) is 0 Å². The van der Waals surface area contributed by atoms with Crippen LogP contribution in [0.4, 0.5) is 0 Å². The van der Waals surface area contributed by atoms with Gasteiger partial charge in [0, 0.05) is 45.4 Å². The van der Waals surface area contributed by atoms with Crippen LogP contribution in [-0.4, -0.2) is 80.3 Å². The minimum absolute atomic E-state index is 0.000147. The molecule has 1 saturated heterocycles. The molecule has 1 spiro atoms. The number of sulfonamides is 1. The monoisotopic (exact) mass is 426 g/mol. The highest BCUT2D eigenvalue weighted by atomic mass is 32.2. The number of hydrogen-bond donors (Lipinski definition) is 2. The summed E-state index contributed by atoms with van der Waals surface area (Å²) in [6, 6.07) is 6.75. The zero-order chi connectivity index (χ0) is 21.7. The van der Waals surface area contributed by atoms with E-state index < -0.39 is 21.6 Å². The third-order valence-corrected chi connectivity index (χ3v) is 6.87. The van der Waals surface area contributed by atoms with Gasteiger partial charge in [-0.25, -0.2) is 13.2 Å². The smallest absolute Gasteiger partial charge is 0.353 e. The standard InChI is InChI=1S/C15H18N2O5S.C4H12N2/c1-11-2-4-12(5-3-11)23(20,21)17-8-6-15(7-9-17)10-13(14(18)19)16-22-15;1-6(2)4-3-5/h2-5H,6-10H2,1H3,(H,18,19);3-5H2,1-2H3. The van der Waals surface area contributed by atoms with Crippen LogP contribution in [0.15, 0.2) is 34.3 Å². The fourth-order valence-electron chi connectivity index (χ4n) is 3.16. The first-order chi connectivity index (χ1) is 13.6. The number of aryl methyl sites for hydroxylation is 1. The van der Waals surface area contributed by atoms with Crippen molar-refractivity contribution in [3.63, 3.8) is 0 Å². The molecule has 2 heterocycles. The van der Waals surface area contributed by atoms with Gasteiger partial charge >= 0.3 is 5.97 Å². The molecule has 29 heavy (non-hydrogen) atoms. The fraction of sp³-hybridized carbons (Fsp3) is 0.579. The van der Waals surface area contributed by atoms with Gasteiger partial charge in [0.15, 0.2) is 5.71 Å². The third kappa shape index (κ3) is 5.99. The van der Waals surface area contributed by atoms with Gasteiger partial charge < -0.3 is 20.6 Å². The Kier molecular flexibility index (Phi) is 7.75. The Balaban J connectivity index is 0.000000438. The van der Waals surface area contributed by atoms with E-state index in [2.05, 4.69) is 10.1 Å². The molecule has 3 N–H and O–H groups in total. The van der Waals surface area contributed by atoms with Crippen molar-refractivity contribution in [2.24, 2.45) is 10.9 Å². The van der Waals surface area contributed by atoms with Gasteiger partial charge in [-0.2, -0.15) is 4.31 Å². The number of aliphatic carboxylic acids is 1. The molecule has 0 amide bonds. The molecule has 2 aliphatic rings. The van der Waals surface area contributed by atoms with E-state index >= 15 is 0 Å². The molecule has 0 aromatic heterocycles. The summed E-state index contributed by atoms with van der Waals surface area (Å²) in [7, 11) is 0.483. The molecule has 1 fully saturated rings. The van der Waals surface area contributed by atoms with Crippen LogP contribution in [0.1, 0.15) is 24.8 Å². The molecular weight excluding hydrogens is 396 g/mol. The van der Waals surface area contributed by atoms with E-state index in [4.69, 9.17) is 15.7 Å². The second-order valence-corrected chi connectivity index (χ2v) is 9.54. The first-order valence-corrected chi connectivity index (χ1v) is 10.9. The number of hydrogen-bond acceptors (Lipinski definition) is 7. The summed E-state index contributed by atoms with van der Waals surface area (Å²) in [6.45, 7) is 4.22. The van der Waals surface area contributed by atoms with Gasteiger partial charge in [0.05, 0.1) is 4.90 Å². The molecule has 162 valence electrons. The number of nitrogens with two attached hydrogens (primary N) is 1. The topological polar surface area (TPSA) is 126 Å². The maximum atomic E-state index is 12.6. The molecule has 0 bridgehead atoms. The summed E-state index contributed by atoms with van der Waals surface area (Å²) in [6.07, 6.45) is 1.08. The molecule has 0 unspecified atom stereocenters. The molecule has 2 aliphatic heterocycles. The summed E-state index contributed by atoms with van der Waals surface area (Å²) >= 11 is 0. The number of nitrogens with zero attached hydrogens (tertiary/aromatic N) is 3. The number of rotatable bonds is 5. The lowest BCUT2D eigenvalue weighted by atomic mass is 9.88. The molecule has 0 radical (unpaired) electrons. The van der Waals surface area contributed by atoms with Gasteiger partial charge in [-0.1, -0.05) is 22.9 Å². The van der Waals surface area contributed by atoms with Crippen molar-refractivity contribution in [2.45, 2.75) is 36.7 Å². The quantitative estimate of drug-likeness (QED) is 0.716. The number of piperidine rings is 1. The molecule has 0 saturated carbocycles. The average Bonchev–Trinajstić information content (AvgIpc) is 3.07. The van der Waals surface area contributed by atoms with Crippen LogP contribution < -0.4 is 5.73 Å². The van der Waals surface area contributed by atoms with E-state index in [1.807, 2.05) is 21.0 Å². The van der Waals surface area contributed by atoms with Crippen LogP contribution in [0.25, 0.3) is 0 Å². The normalized spacial score (nSPS) is 18.7. The Labute approximate surface area is 172 Å². The summed E-state index contributed by atoms with van der Waals surface area (Å²) in [5.74, 6) is -1.09. The molecule has 0 aliphatic carbocycles. The third-order valence-electron chi connectivity index (χ3n) is 4.95. The predicted octanol–water partition coefficient (Wildman–Crippen LogP) is 0.886. The number of carboxylic acid groups (broad SMARTS) is 1. The number of carboxylic acids is 1. The zero-order valence-electron chi connectivity index (χ0n) is 17.2. The van der Waals surface area contributed by atoms with Crippen molar-refractivity contribution in [1.29, 1.82) is 0 Å². The first kappa shape index (κ1) is 23.3. The van der Waals surface area contributed by atoms with Crippen molar-refractivity contribution in [1.82, 2.24) is 9.21 Å². The van der Waals surface area contributed by atoms with Crippen LogP contribution in [0.2, 0.25) is 0 Å². The lowest BCUT2D eigenvalue weighted by Gasteiger charge is -2.36. The fourth-order valence-corrected chi connectivity index (χ4v) is 4.60. The van der Waals surface area contributed by atoms with Crippen LogP contribution in [0, 0.1) is 6.92 Å². The van der Waals surface area contributed by atoms with E-state index in [9.17, 15) is 13.2 Å². The Hall–Kier alpha value is -2.01. The highest BCUT2D eigenvalue weighted by Crippen LogP contribution is 2.36. The molecular formula is C19H30N4O5S. The van der Waals surface area contributed by atoms with Gasteiger partial charge in [-0.15, -0.1) is 0 Å². The van der Waals surface area contributed by atoms with Crippen molar-refractivity contribution < 1.29 is 23.2 Å². The molecule has 1 aromatic rings. The Morgan fingerprint density at radius 1 is 1.28 bits per heavy atom. The Morgan fingerprint density at radius 2 is 1.86 bits per heavy atom. The zero-order valence-corrected chi connectivity index (χ0v) is 18.0. The Morgan fingerprint density at radius 3 is 2.28 bits per heavy atom. The largest absolute Gasteiger partial charge is 0.477 e. The second kappa shape index (κ2) is 9.66. The molecule has 1 aromatic carbocycles. The predicted molar refractivity (Wildman–Crippen MR) is 110 cm³/mol. The minimum atomic E-state index is -3.53. The Bertz CT molecular complexity index is 829. The summed E-state index contributed by atoms with van der Waals surface area (Å²) in [5, 5.41) is 12.6. The van der Waals surface area contributed by atoms with Crippen molar-refractivity contribution >= 4 is 21.7 Å². The summed E-state index contributed by atoms with van der Waals surface area (Å²) in [4.78, 5) is 18.6. The SMILES string of the molecule is CN(C)CCN.Cc1ccc(S(=O)(=O)N2CCC3(CC2)CC(C(=O)O)=NO3)cc1. The second-order valence-electron chi connectivity index (χ2n) is 7.60. The van der Waals surface area contributed by atoms with Gasteiger partial charge in [0.25, 0.3) is 0 Å². The summed E-state index contributed by atoms with van der Waals surface area (Å²) in [5.41, 5.74) is 5.51. The lowest BCUT2D eigenvalue weighted by Crippen LogP contribution is -2.47. The van der Waals surface area contributed by atoms with Crippen molar-refractivity contribution in [3.05, 3.63) is 29.8 Å². The van der Waals surface area contributed by atoms with Gasteiger partial charge in [-0.3, -0.25) is 0 Å². The van der Waals surface area contributed by atoms with Crippen LogP contribution in [-0.2, 0) is 19.7 Å². The molecule has 10 heteroatoms. The highest BCUT2D eigenvalue weighted by molar-refractivity contribution is 7.89. The number of oxime groups is 1.